The van der Waals surface area contributed by atoms with Crippen molar-refractivity contribution >= 4 is 43.5 Å². The van der Waals surface area contributed by atoms with Crippen molar-refractivity contribution in [1.29, 1.82) is 0 Å². The second-order valence-electron chi connectivity index (χ2n) is 3.97. The van der Waals surface area contributed by atoms with Crippen molar-refractivity contribution in [1.82, 2.24) is 0 Å². The number of halogens is 2. The summed E-state index contributed by atoms with van der Waals surface area (Å²) in [6.07, 6.45) is 0. The van der Waals surface area contributed by atoms with E-state index in [4.69, 9.17) is 5.11 Å². The fourth-order valence-electron chi connectivity index (χ4n) is 1.64. The van der Waals surface area contributed by atoms with Gasteiger partial charge in [0.15, 0.2) is 0 Å². The molecule has 0 aliphatic carbocycles. The van der Waals surface area contributed by atoms with Crippen LogP contribution in [0, 0.1) is 0 Å². The number of aliphatic hydroxyl groups is 1. The van der Waals surface area contributed by atoms with Gasteiger partial charge in [-0.2, -0.15) is 0 Å². The maximum absolute atomic E-state index is 12.1. The van der Waals surface area contributed by atoms with Gasteiger partial charge in [0.25, 0.3) is 5.91 Å². The van der Waals surface area contributed by atoms with Crippen LogP contribution in [-0.4, -0.2) is 11.0 Å². The first-order valence-corrected chi connectivity index (χ1v) is 7.14. The lowest BCUT2D eigenvalue weighted by molar-refractivity contribution is 0.102. The van der Waals surface area contributed by atoms with E-state index in [-0.39, 0.29) is 12.5 Å². The number of carbonyl (C=O) groups is 1. The van der Waals surface area contributed by atoms with Gasteiger partial charge < -0.3 is 10.4 Å². The highest BCUT2D eigenvalue weighted by molar-refractivity contribution is 9.11. The van der Waals surface area contributed by atoms with Crippen LogP contribution in [0.3, 0.4) is 0 Å². The van der Waals surface area contributed by atoms with E-state index in [1.807, 2.05) is 6.07 Å². The minimum Gasteiger partial charge on any atom is -0.392 e. The standard InChI is InChI=1S/C14H11Br2NO2/c15-11-5-10(6-12(16)7-11)14(19)17-13-3-1-2-9(4-13)8-18/h1-7,18H,8H2,(H,17,19). The van der Waals surface area contributed by atoms with E-state index in [9.17, 15) is 4.79 Å². The topological polar surface area (TPSA) is 49.3 Å². The average Bonchev–Trinajstić information content (AvgIpc) is 2.37. The van der Waals surface area contributed by atoms with Crippen molar-refractivity contribution in [3.63, 3.8) is 0 Å². The second-order valence-corrected chi connectivity index (χ2v) is 5.80. The minimum atomic E-state index is -0.197. The molecule has 2 aromatic carbocycles. The number of hydrogen-bond donors (Lipinski definition) is 2. The van der Waals surface area contributed by atoms with Crippen LogP contribution in [0.4, 0.5) is 5.69 Å². The fourth-order valence-corrected chi connectivity index (χ4v) is 2.93. The van der Waals surface area contributed by atoms with Crippen molar-refractivity contribution in [3.8, 4) is 0 Å². The highest BCUT2D eigenvalue weighted by Crippen LogP contribution is 2.21. The van der Waals surface area contributed by atoms with Gasteiger partial charge in [0.1, 0.15) is 0 Å². The number of anilines is 1. The zero-order chi connectivity index (χ0) is 13.8. The van der Waals surface area contributed by atoms with Crippen LogP contribution in [0.5, 0.6) is 0 Å². The predicted octanol–water partition coefficient (Wildman–Crippen LogP) is 3.96. The molecule has 5 heteroatoms. The monoisotopic (exact) mass is 383 g/mol. The molecule has 2 aromatic rings. The molecule has 0 heterocycles. The van der Waals surface area contributed by atoms with Crippen LogP contribution in [0.2, 0.25) is 0 Å². The number of carbonyl (C=O) groups excluding carboxylic acids is 1. The molecule has 0 aliphatic rings. The van der Waals surface area contributed by atoms with Crippen molar-refractivity contribution in [2.75, 3.05) is 5.32 Å². The molecule has 0 spiro atoms. The Hall–Kier alpha value is -1.17. The van der Waals surface area contributed by atoms with E-state index in [0.717, 1.165) is 14.5 Å². The third kappa shape index (κ3) is 3.89. The van der Waals surface area contributed by atoms with E-state index < -0.39 is 0 Å². The Kier molecular flexibility index (Phi) is 4.74. The summed E-state index contributed by atoms with van der Waals surface area (Å²) >= 11 is 6.69. The van der Waals surface area contributed by atoms with Crippen LogP contribution >= 0.6 is 31.9 Å². The molecular weight excluding hydrogens is 374 g/mol. The van der Waals surface area contributed by atoms with Crippen LogP contribution < -0.4 is 5.32 Å². The largest absolute Gasteiger partial charge is 0.392 e. The molecule has 3 nitrogen and oxygen atoms in total. The molecule has 19 heavy (non-hydrogen) atoms. The average molecular weight is 385 g/mol. The summed E-state index contributed by atoms with van der Waals surface area (Å²) in [5.41, 5.74) is 1.97. The maximum Gasteiger partial charge on any atom is 0.255 e. The number of aliphatic hydroxyl groups excluding tert-OH is 1. The Morgan fingerprint density at radius 3 is 2.42 bits per heavy atom. The Morgan fingerprint density at radius 1 is 1.11 bits per heavy atom. The lowest BCUT2D eigenvalue weighted by Crippen LogP contribution is -2.12. The van der Waals surface area contributed by atoms with Gasteiger partial charge in [0.05, 0.1) is 6.61 Å². The first-order chi connectivity index (χ1) is 9.08. The number of nitrogens with one attached hydrogen (secondary N) is 1. The summed E-state index contributed by atoms with van der Waals surface area (Å²) in [5.74, 6) is -0.197. The van der Waals surface area contributed by atoms with Crippen LogP contribution in [0.25, 0.3) is 0 Å². The Balaban J connectivity index is 2.20. The molecule has 0 radical (unpaired) electrons. The highest BCUT2D eigenvalue weighted by atomic mass is 79.9. The quantitative estimate of drug-likeness (QED) is 0.841. The van der Waals surface area contributed by atoms with Gasteiger partial charge in [-0.25, -0.2) is 0 Å². The van der Waals surface area contributed by atoms with Gasteiger partial charge >= 0.3 is 0 Å². The lowest BCUT2D eigenvalue weighted by atomic mass is 10.2. The summed E-state index contributed by atoms with van der Waals surface area (Å²) in [7, 11) is 0. The first-order valence-electron chi connectivity index (χ1n) is 5.56. The van der Waals surface area contributed by atoms with Crippen molar-refractivity contribution < 1.29 is 9.90 Å². The van der Waals surface area contributed by atoms with Gasteiger partial charge in [0.2, 0.25) is 0 Å². The summed E-state index contributed by atoms with van der Waals surface area (Å²) < 4.78 is 1.66. The molecule has 0 fully saturated rings. The first kappa shape index (κ1) is 14.2. The zero-order valence-electron chi connectivity index (χ0n) is 9.86. The van der Waals surface area contributed by atoms with Crippen molar-refractivity contribution in [2.45, 2.75) is 6.61 Å². The van der Waals surface area contributed by atoms with E-state index in [0.29, 0.717) is 11.3 Å². The molecule has 0 saturated heterocycles. The van der Waals surface area contributed by atoms with E-state index in [2.05, 4.69) is 37.2 Å². The minimum absolute atomic E-state index is 0.0495. The smallest absolute Gasteiger partial charge is 0.255 e. The molecule has 0 unspecified atom stereocenters. The summed E-state index contributed by atoms with van der Waals surface area (Å²) in [6, 6.07) is 12.5. The van der Waals surface area contributed by atoms with Gasteiger partial charge in [0, 0.05) is 20.2 Å². The third-order valence-electron chi connectivity index (χ3n) is 2.49. The summed E-state index contributed by atoms with van der Waals surface area (Å²) in [4.78, 5) is 12.1. The van der Waals surface area contributed by atoms with Crippen LogP contribution in [0.1, 0.15) is 15.9 Å². The zero-order valence-corrected chi connectivity index (χ0v) is 13.0. The molecule has 0 saturated carbocycles. The fraction of sp³-hybridized carbons (Fsp3) is 0.0714. The SMILES string of the molecule is O=C(Nc1cccc(CO)c1)c1cc(Br)cc(Br)c1. The van der Waals surface area contributed by atoms with E-state index >= 15 is 0 Å². The third-order valence-corrected chi connectivity index (χ3v) is 3.41. The number of hydrogen-bond acceptors (Lipinski definition) is 2. The molecule has 0 bridgehead atoms. The maximum atomic E-state index is 12.1. The summed E-state index contributed by atoms with van der Waals surface area (Å²) in [6.45, 7) is -0.0495. The molecule has 1 amide bonds. The van der Waals surface area contributed by atoms with E-state index in [1.54, 1.807) is 36.4 Å². The molecule has 2 N–H and O–H groups in total. The molecular formula is C14H11Br2NO2. The predicted molar refractivity (Wildman–Crippen MR) is 82.2 cm³/mol. The Bertz CT molecular complexity index is 594. The Morgan fingerprint density at radius 2 is 1.79 bits per heavy atom. The van der Waals surface area contributed by atoms with Gasteiger partial charge in [-0.1, -0.05) is 44.0 Å². The van der Waals surface area contributed by atoms with Crippen LogP contribution in [-0.2, 0) is 6.61 Å². The molecule has 0 aromatic heterocycles. The lowest BCUT2D eigenvalue weighted by Gasteiger charge is -2.07. The second kappa shape index (κ2) is 6.32. The number of amides is 1. The van der Waals surface area contributed by atoms with Crippen molar-refractivity contribution in [2.24, 2.45) is 0 Å². The number of benzene rings is 2. The highest BCUT2D eigenvalue weighted by Gasteiger charge is 2.08. The van der Waals surface area contributed by atoms with Gasteiger partial charge in [-0.05, 0) is 35.9 Å². The number of rotatable bonds is 3. The normalized spacial score (nSPS) is 10.3. The Labute approximate surface area is 127 Å². The van der Waals surface area contributed by atoms with Crippen molar-refractivity contribution in [3.05, 3.63) is 62.5 Å². The van der Waals surface area contributed by atoms with E-state index in [1.165, 1.54) is 0 Å². The van der Waals surface area contributed by atoms with Gasteiger partial charge in [-0.3, -0.25) is 4.79 Å². The van der Waals surface area contributed by atoms with Gasteiger partial charge in [-0.15, -0.1) is 0 Å². The van der Waals surface area contributed by atoms with Crippen LogP contribution in [0.15, 0.2) is 51.4 Å². The summed E-state index contributed by atoms with van der Waals surface area (Å²) in [5, 5.41) is 11.9. The molecule has 2 rings (SSSR count). The molecule has 98 valence electrons. The molecule has 0 atom stereocenters. The molecule has 0 aliphatic heterocycles.